The van der Waals surface area contributed by atoms with Crippen LogP contribution in [0.3, 0.4) is 0 Å². The summed E-state index contributed by atoms with van der Waals surface area (Å²) < 4.78 is 13.3. The first-order valence-corrected chi connectivity index (χ1v) is 7.18. The molecule has 5 nitrogen and oxygen atoms in total. The number of nitrogens with zero attached hydrogens (tertiary/aromatic N) is 1. The number of urea groups is 1. The molecule has 0 bridgehead atoms. The van der Waals surface area contributed by atoms with E-state index in [1.807, 2.05) is 0 Å². The molecule has 1 unspecified atom stereocenters. The van der Waals surface area contributed by atoms with Crippen LogP contribution in [0.4, 0.5) is 9.18 Å². The zero-order valence-corrected chi connectivity index (χ0v) is 12.0. The predicted octanol–water partition coefficient (Wildman–Crippen LogP) is 1.65. The molecule has 2 N–H and O–H groups in total. The molecule has 2 aliphatic heterocycles. The highest BCUT2D eigenvalue weighted by molar-refractivity contribution is 6.31. The Morgan fingerprint density at radius 3 is 2.90 bits per heavy atom. The first-order valence-electron chi connectivity index (χ1n) is 6.81. The lowest BCUT2D eigenvalue weighted by Gasteiger charge is -2.31. The van der Waals surface area contributed by atoms with Gasteiger partial charge in [-0.2, -0.15) is 0 Å². The van der Waals surface area contributed by atoms with Gasteiger partial charge in [-0.25, -0.2) is 9.18 Å². The number of hydrogen-bond acceptors (Lipinski definition) is 3. The Bertz CT molecular complexity index is 602. The number of nitrogens with one attached hydrogen (secondary N) is 2. The zero-order chi connectivity index (χ0) is 15.0. The Morgan fingerprint density at radius 1 is 1.38 bits per heavy atom. The largest absolute Gasteiger partial charge is 0.325 e. The second-order valence-electron chi connectivity index (χ2n) is 5.42. The number of benzene rings is 1. The molecule has 2 aliphatic rings. The average Bonchev–Trinajstić information content (AvgIpc) is 2.68. The van der Waals surface area contributed by atoms with Crippen LogP contribution < -0.4 is 10.6 Å². The van der Waals surface area contributed by atoms with E-state index in [-0.39, 0.29) is 12.5 Å². The molecular weight excluding hydrogens is 297 g/mol. The average molecular weight is 312 g/mol. The smallest absolute Gasteiger partial charge is 0.322 e. The predicted molar refractivity (Wildman–Crippen MR) is 75.3 cm³/mol. The number of imide groups is 1. The molecule has 1 spiro atoms. The van der Waals surface area contributed by atoms with Crippen molar-refractivity contribution in [1.82, 2.24) is 15.5 Å². The number of piperidine rings is 1. The highest BCUT2D eigenvalue weighted by Gasteiger charge is 2.51. The Labute approximate surface area is 126 Å². The minimum atomic E-state index is -0.866. The fourth-order valence-corrected chi connectivity index (χ4v) is 3.03. The molecule has 1 aromatic rings. The maximum atomic E-state index is 13.3. The first kappa shape index (κ1) is 14.3. The van der Waals surface area contributed by atoms with Gasteiger partial charge in [-0.1, -0.05) is 11.6 Å². The summed E-state index contributed by atoms with van der Waals surface area (Å²) in [6, 6.07) is 3.45. The van der Waals surface area contributed by atoms with E-state index in [4.69, 9.17) is 11.6 Å². The van der Waals surface area contributed by atoms with Crippen LogP contribution in [0.1, 0.15) is 18.4 Å². The quantitative estimate of drug-likeness (QED) is 0.817. The number of amides is 3. The molecule has 0 aliphatic carbocycles. The summed E-state index contributed by atoms with van der Waals surface area (Å²) in [5.41, 5.74) is -0.448. The lowest BCUT2D eigenvalue weighted by molar-refractivity contribution is -0.132. The minimum absolute atomic E-state index is 0.0248. The minimum Gasteiger partial charge on any atom is -0.322 e. The van der Waals surface area contributed by atoms with Crippen LogP contribution in [0.15, 0.2) is 18.2 Å². The van der Waals surface area contributed by atoms with Gasteiger partial charge in [-0.3, -0.25) is 9.69 Å². The molecule has 0 aromatic heterocycles. The van der Waals surface area contributed by atoms with Crippen LogP contribution in [0.5, 0.6) is 0 Å². The third-order valence-electron chi connectivity index (χ3n) is 3.97. The van der Waals surface area contributed by atoms with Gasteiger partial charge >= 0.3 is 6.03 Å². The summed E-state index contributed by atoms with van der Waals surface area (Å²) in [5.74, 6) is -0.726. The van der Waals surface area contributed by atoms with Crippen LogP contribution >= 0.6 is 11.6 Å². The summed E-state index contributed by atoms with van der Waals surface area (Å²) in [5, 5.41) is 6.22. The lowest BCUT2D eigenvalue weighted by Crippen LogP contribution is -2.57. The van der Waals surface area contributed by atoms with E-state index in [2.05, 4.69) is 10.6 Å². The van der Waals surface area contributed by atoms with Gasteiger partial charge in [-0.05, 0) is 43.1 Å². The SMILES string of the molecule is O=C1NC2(CCCNC2)C(=O)N1Cc1cc(F)ccc1Cl. The number of carbonyl (C=O) groups excluding carboxylic acids is 2. The fraction of sp³-hybridized carbons (Fsp3) is 0.429. The van der Waals surface area contributed by atoms with Crippen molar-refractivity contribution >= 4 is 23.5 Å². The van der Waals surface area contributed by atoms with Crippen LogP contribution in [0, 0.1) is 5.82 Å². The van der Waals surface area contributed by atoms with Crippen molar-refractivity contribution in [2.24, 2.45) is 0 Å². The van der Waals surface area contributed by atoms with Crippen LogP contribution in [0.25, 0.3) is 0 Å². The van der Waals surface area contributed by atoms with Gasteiger partial charge in [0, 0.05) is 11.6 Å². The van der Waals surface area contributed by atoms with Crippen molar-refractivity contribution in [3.8, 4) is 0 Å². The van der Waals surface area contributed by atoms with Crippen LogP contribution in [-0.4, -0.2) is 35.5 Å². The molecule has 1 aromatic carbocycles. The number of hydrogen-bond donors (Lipinski definition) is 2. The van der Waals surface area contributed by atoms with Crippen molar-refractivity contribution in [3.63, 3.8) is 0 Å². The van der Waals surface area contributed by atoms with E-state index in [9.17, 15) is 14.0 Å². The molecule has 2 saturated heterocycles. The molecule has 2 heterocycles. The summed E-state index contributed by atoms with van der Waals surface area (Å²) in [4.78, 5) is 25.8. The Kier molecular flexibility index (Phi) is 3.59. The molecule has 112 valence electrons. The third kappa shape index (κ3) is 2.49. The van der Waals surface area contributed by atoms with E-state index in [1.54, 1.807) is 0 Å². The second-order valence-corrected chi connectivity index (χ2v) is 5.83. The van der Waals surface area contributed by atoms with Crippen LogP contribution in [0.2, 0.25) is 5.02 Å². The van der Waals surface area contributed by atoms with Gasteiger partial charge in [0.15, 0.2) is 0 Å². The molecular formula is C14H15ClFN3O2. The normalized spacial score (nSPS) is 25.5. The lowest BCUT2D eigenvalue weighted by atomic mass is 9.90. The summed E-state index contributed by atoms with van der Waals surface area (Å²) in [6.45, 7) is 1.23. The first-order chi connectivity index (χ1) is 10.0. The van der Waals surface area contributed by atoms with Gasteiger partial charge in [0.2, 0.25) is 0 Å². The van der Waals surface area contributed by atoms with Crippen molar-refractivity contribution in [1.29, 1.82) is 0 Å². The van der Waals surface area contributed by atoms with Gasteiger partial charge < -0.3 is 10.6 Å². The number of carbonyl (C=O) groups is 2. The summed E-state index contributed by atoms with van der Waals surface area (Å²) >= 11 is 6.00. The molecule has 3 rings (SSSR count). The molecule has 1 atom stereocenters. The highest BCUT2D eigenvalue weighted by atomic mass is 35.5. The van der Waals surface area contributed by atoms with Gasteiger partial charge in [0.25, 0.3) is 5.91 Å². The van der Waals surface area contributed by atoms with Crippen molar-refractivity contribution < 1.29 is 14.0 Å². The molecule has 2 fully saturated rings. The molecule has 0 radical (unpaired) electrons. The van der Waals surface area contributed by atoms with Gasteiger partial charge in [0.1, 0.15) is 11.4 Å². The summed E-state index contributed by atoms with van der Waals surface area (Å²) in [6.07, 6.45) is 1.43. The molecule has 0 saturated carbocycles. The fourth-order valence-electron chi connectivity index (χ4n) is 2.85. The van der Waals surface area contributed by atoms with E-state index in [0.717, 1.165) is 17.9 Å². The zero-order valence-electron chi connectivity index (χ0n) is 11.3. The molecule has 3 amide bonds. The Balaban J connectivity index is 1.84. The number of halogens is 2. The maximum Gasteiger partial charge on any atom is 0.325 e. The maximum absolute atomic E-state index is 13.3. The second kappa shape index (κ2) is 5.27. The number of rotatable bonds is 2. The van der Waals surface area contributed by atoms with Gasteiger partial charge in [0.05, 0.1) is 6.54 Å². The van der Waals surface area contributed by atoms with E-state index >= 15 is 0 Å². The Hall–Kier alpha value is -1.66. The molecule has 7 heteroatoms. The third-order valence-corrected chi connectivity index (χ3v) is 4.33. The van der Waals surface area contributed by atoms with Crippen molar-refractivity contribution in [2.75, 3.05) is 13.1 Å². The monoisotopic (exact) mass is 311 g/mol. The highest BCUT2D eigenvalue weighted by Crippen LogP contribution is 2.28. The van der Waals surface area contributed by atoms with Crippen LogP contribution in [-0.2, 0) is 11.3 Å². The van der Waals surface area contributed by atoms with Crippen molar-refractivity contribution in [3.05, 3.63) is 34.6 Å². The van der Waals surface area contributed by atoms with E-state index in [1.165, 1.54) is 18.2 Å². The van der Waals surface area contributed by atoms with E-state index in [0.29, 0.717) is 23.6 Å². The van der Waals surface area contributed by atoms with E-state index < -0.39 is 17.4 Å². The summed E-state index contributed by atoms with van der Waals surface area (Å²) in [7, 11) is 0. The van der Waals surface area contributed by atoms with Crippen molar-refractivity contribution in [2.45, 2.75) is 24.9 Å². The molecule has 21 heavy (non-hydrogen) atoms. The standard InChI is InChI=1S/C14H15ClFN3O2/c15-11-3-2-10(16)6-9(11)7-19-12(20)14(18-13(19)21)4-1-5-17-8-14/h2-3,6,17H,1,4-5,7-8H2,(H,18,21). The topological polar surface area (TPSA) is 61.4 Å². The van der Waals surface area contributed by atoms with Gasteiger partial charge in [-0.15, -0.1) is 0 Å². The Morgan fingerprint density at radius 2 is 2.19 bits per heavy atom.